The summed E-state index contributed by atoms with van der Waals surface area (Å²) in [5, 5.41) is 11.6. The molecule has 2 rings (SSSR count). The van der Waals surface area contributed by atoms with Gasteiger partial charge in [-0.25, -0.2) is 4.79 Å². The summed E-state index contributed by atoms with van der Waals surface area (Å²) < 4.78 is 6.20. The molecule has 1 aromatic carbocycles. The highest BCUT2D eigenvalue weighted by Crippen LogP contribution is 2.27. The van der Waals surface area contributed by atoms with Crippen LogP contribution in [-0.4, -0.2) is 22.2 Å². The summed E-state index contributed by atoms with van der Waals surface area (Å²) in [5.74, 6) is 0. The third-order valence-corrected chi connectivity index (χ3v) is 2.74. The van der Waals surface area contributed by atoms with Gasteiger partial charge in [0.2, 0.25) is 0 Å². The summed E-state index contributed by atoms with van der Waals surface area (Å²) in [7, 11) is 0. The lowest BCUT2D eigenvalue weighted by molar-refractivity contribution is -0.385. The van der Waals surface area contributed by atoms with E-state index in [9.17, 15) is 14.9 Å². The average molecular weight is 248 g/mol. The molecule has 0 atom stereocenters. The molecule has 0 aliphatic rings. The zero-order valence-corrected chi connectivity index (χ0v) is 10.0. The first-order chi connectivity index (χ1) is 8.56. The molecule has 94 valence electrons. The summed E-state index contributed by atoms with van der Waals surface area (Å²) in [6.45, 7) is 3.58. The fourth-order valence-electron chi connectivity index (χ4n) is 1.94. The number of aromatic nitrogens is 1. The number of ether oxygens (including phenoxy) is 1. The summed E-state index contributed by atoms with van der Waals surface area (Å²) in [6, 6.07) is 4.78. The quantitative estimate of drug-likeness (QED) is 0.605. The Morgan fingerprint density at radius 2 is 2.17 bits per heavy atom. The zero-order chi connectivity index (χ0) is 13.3. The summed E-state index contributed by atoms with van der Waals surface area (Å²) in [4.78, 5) is 22.1. The Labute approximate surface area is 103 Å². The van der Waals surface area contributed by atoms with Gasteiger partial charge in [0.1, 0.15) is 0 Å². The molecular weight excluding hydrogens is 236 g/mol. The van der Waals surface area contributed by atoms with Crippen LogP contribution in [0.5, 0.6) is 0 Å². The van der Waals surface area contributed by atoms with Crippen LogP contribution in [0.15, 0.2) is 24.4 Å². The molecule has 0 saturated carbocycles. The van der Waals surface area contributed by atoms with E-state index < -0.39 is 11.0 Å². The maximum atomic E-state index is 11.7. The van der Waals surface area contributed by atoms with Crippen molar-refractivity contribution < 1.29 is 14.5 Å². The number of aryl methyl sites for hydroxylation is 1. The maximum absolute atomic E-state index is 11.7. The van der Waals surface area contributed by atoms with Crippen molar-refractivity contribution >= 4 is 22.7 Å². The Morgan fingerprint density at radius 3 is 2.78 bits per heavy atom. The molecule has 0 saturated heterocycles. The van der Waals surface area contributed by atoms with E-state index in [0.717, 1.165) is 5.39 Å². The number of nitrogens with zero attached hydrogens (tertiary/aromatic N) is 2. The van der Waals surface area contributed by atoms with Crippen LogP contribution in [0.3, 0.4) is 0 Å². The Kier molecular flexibility index (Phi) is 3.01. The van der Waals surface area contributed by atoms with Crippen LogP contribution >= 0.6 is 0 Å². The fourth-order valence-corrected chi connectivity index (χ4v) is 1.94. The van der Waals surface area contributed by atoms with Crippen LogP contribution in [0.4, 0.5) is 10.5 Å². The van der Waals surface area contributed by atoms with Crippen LogP contribution in [0.25, 0.3) is 10.9 Å². The largest absolute Gasteiger partial charge is 0.449 e. The molecule has 1 heterocycles. The van der Waals surface area contributed by atoms with E-state index in [1.54, 1.807) is 32.2 Å². The summed E-state index contributed by atoms with van der Waals surface area (Å²) in [6.07, 6.45) is 1.02. The number of hydrogen-bond donors (Lipinski definition) is 0. The van der Waals surface area contributed by atoms with Crippen LogP contribution in [-0.2, 0) is 4.74 Å². The fraction of sp³-hybridized carbons (Fsp3) is 0.250. The lowest BCUT2D eigenvalue weighted by Crippen LogP contribution is -2.12. The molecular formula is C12H12N2O4. The van der Waals surface area contributed by atoms with Crippen LogP contribution < -0.4 is 0 Å². The highest BCUT2D eigenvalue weighted by atomic mass is 16.6. The molecule has 0 fully saturated rings. The smallest absolute Gasteiger partial charge is 0.418 e. The number of fused-ring (bicyclic) bond motifs is 1. The van der Waals surface area contributed by atoms with E-state index in [0.29, 0.717) is 11.1 Å². The second-order valence-electron chi connectivity index (χ2n) is 3.79. The lowest BCUT2D eigenvalue weighted by atomic mass is 10.1. The molecule has 0 radical (unpaired) electrons. The van der Waals surface area contributed by atoms with Crippen molar-refractivity contribution in [3.05, 3.63) is 40.1 Å². The summed E-state index contributed by atoms with van der Waals surface area (Å²) in [5.41, 5.74) is 0.963. The van der Waals surface area contributed by atoms with E-state index in [1.165, 1.54) is 10.6 Å². The van der Waals surface area contributed by atoms with E-state index in [2.05, 4.69) is 0 Å². The third-order valence-electron chi connectivity index (χ3n) is 2.74. The first-order valence-electron chi connectivity index (χ1n) is 5.48. The van der Waals surface area contributed by atoms with Gasteiger partial charge < -0.3 is 4.74 Å². The van der Waals surface area contributed by atoms with Gasteiger partial charge in [-0.15, -0.1) is 0 Å². The minimum Gasteiger partial charge on any atom is -0.449 e. The second kappa shape index (κ2) is 4.48. The molecule has 0 aliphatic carbocycles. The maximum Gasteiger partial charge on any atom is 0.418 e. The van der Waals surface area contributed by atoms with Crippen LogP contribution in [0.1, 0.15) is 12.5 Å². The molecule has 1 aromatic heterocycles. The van der Waals surface area contributed by atoms with E-state index >= 15 is 0 Å². The highest BCUT2D eigenvalue weighted by Gasteiger charge is 2.18. The molecule has 18 heavy (non-hydrogen) atoms. The van der Waals surface area contributed by atoms with Gasteiger partial charge in [0.25, 0.3) is 5.69 Å². The van der Waals surface area contributed by atoms with Crippen molar-refractivity contribution in [3.63, 3.8) is 0 Å². The van der Waals surface area contributed by atoms with Gasteiger partial charge in [-0.2, -0.15) is 0 Å². The second-order valence-corrected chi connectivity index (χ2v) is 3.79. The first-order valence-corrected chi connectivity index (χ1v) is 5.48. The van der Waals surface area contributed by atoms with E-state index in [-0.39, 0.29) is 12.3 Å². The molecule has 6 heteroatoms. The van der Waals surface area contributed by atoms with Crippen molar-refractivity contribution in [1.29, 1.82) is 0 Å². The highest BCUT2D eigenvalue weighted by molar-refractivity contribution is 5.93. The average Bonchev–Trinajstić information content (AvgIpc) is 2.74. The third kappa shape index (κ3) is 1.81. The Balaban J connectivity index is 2.66. The number of hydrogen-bond acceptors (Lipinski definition) is 4. The van der Waals surface area contributed by atoms with Crippen molar-refractivity contribution in [2.45, 2.75) is 13.8 Å². The van der Waals surface area contributed by atoms with Crippen LogP contribution in [0.2, 0.25) is 0 Å². The minimum atomic E-state index is -0.531. The van der Waals surface area contributed by atoms with Gasteiger partial charge in [0.15, 0.2) is 0 Å². The van der Waals surface area contributed by atoms with Crippen molar-refractivity contribution in [2.24, 2.45) is 0 Å². The number of rotatable bonds is 2. The predicted octanol–water partition coefficient (Wildman–Crippen LogP) is 2.86. The van der Waals surface area contributed by atoms with Crippen molar-refractivity contribution in [1.82, 2.24) is 4.57 Å². The number of nitro benzene ring substituents is 1. The number of benzene rings is 1. The van der Waals surface area contributed by atoms with E-state index in [1.807, 2.05) is 0 Å². The molecule has 6 nitrogen and oxygen atoms in total. The number of carbonyl (C=O) groups is 1. The van der Waals surface area contributed by atoms with Gasteiger partial charge in [0, 0.05) is 17.6 Å². The molecule has 2 aromatic rings. The predicted molar refractivity (Wildman–Crippen MR) is 65.7 cm³/mol. The van der Waals surface area contributed by atoms with Gasteiger partial charge in [-0.05, 0) is 26.0 Å². The van der Waals surface area contributed by atoms with Gasteiger partial charge in [-0.1, -0.05) is 0 Å². The molecule has 0 unspecified atom stereocenters. The molecule has 0 amide bonds. The lowest BCUT2D eigenvalue weighted by Gasteiger charge is -2.06. The van der Waals surface area contributed by atoms with Crippen molar-refractivity contribution in [2.75, 3.05) is 6.61 Å². The van der Waals surface area contributed by atoms with Gasteiger partial charge >= 0.3 is 6.09 Å². The van der Waals surface area contributed by atoms with Gasteiger partial charge in [-0.3, -0.25) is 14.7 Å². The normalized spacial score (nSPS) is 10.6. The summed E-state index contributed by atoms with van der Waals surface area (Å²) >= 11 is 0. The number of nitro groups is 1. The Morgan fingerprint density at radius 1 is 1.44 bits per heavy atom. The first kappa shape index (κ1) is 12.1. The molecule has 0 spiro atoms. The van der Waals surface area contributed by atoms with Crippen LogP contribution in [0, 0.1) is 17.0 Å². The van der Waals surface area contributed by atoms with Crippen molar-refractivity contribution in [3.8, 4) is 0 Å². The topological polar surface area (TPSA) is 74.4 Å². The van der Waals surface area contributed by atoms with E-state index in [4.69, 9.17) is 4.74 Å². The monoisotopic (exact) mass is 248 g/mol. The molecule has 0 aliphatic heterocycles. The number of carbonyl (C=O) groups excluding carboxylic acids is 1. The zero-order valence-electron chi connectivity index (χ0n) is 10.0. The standard InChI is InChI=1S/C12H12N2O4/c1-3-18-12(15)13-7-6-9-4-5-10(14(16)17)8(2)11(9)13/h4-7H,3H2,1-2H3. The SMILES string of the molecule is CCOC(=O)n1ccc2ccc([N+](=O)[O-])c(C)c21. The molecule has 0 N–H and O–H groups in total. The minimum absolute atomic E-state index is 0.00764. The van der Waals surface area contributed by atoms with Gasteiger partial charge in [0.05, 0.1) is 22.6 Å². The molecule has 0 bridgehead atoms. The Hall–Kier alpha value is -2.37. The Bertz CT molecular complexity index is 630.